The number of rotatable bonds is 3. The van der Waals surface area contributed by atoms with Gasteiger partial charge in [-0.2, -0.15) is 0 Å². The van der Waals surface area contributed by atoms with Crippen molar-refractivity contribution in [3.8, 4) is 0 Å². The summed E-state index contributed by atoms with van der Waals surface area (Å²) in [4.78, 5) is 7.18. The van der Waals surface area contributed by atoms with Gasteiger partial charge in [-0.3, -0.25) is 4.90 Å². The topological polar surface area (TPSA) is 28.2 Å². The number of hydrogen-bond donors (Lipinski definition) is 1. The zero-order valence-electron chi connectivity index (χ0n) is 13.3. The molecule has 0 aliphatic carbocycles. The average Bonchev–Trinajstić information content (AvgIpc) is 3.16. The summed E-state index contributed by atoms with van der Waals surface area (Å²) >= 11 is 1.81. The fourth-order valence-electron chi connectivity index (χ4n) is 4.07. The van der Waals surface area contributed by atoms with Crippen molar-refractivity contribution in [2.45, 2.75) is 45.2 Å². The second kappa shape index (κ2) is 6.26. The van der Waals surface area contributed by atoms with Crippen LogP contribution in [0.25, 0.3) is 10.2 Å². The Bertz CT molecular complexity index is 637. The van der Waals surface area contributed by atoms with Crippen molar-refractivity contribution in [1.29, 1.82) is 0 Å². The van der Waals surface area contributed by atoms with Gasteiger partial charge in [0.2, 0.25) is 0 Å². The lowest BCUT2D eigenvalue weighted by molar-refractivity contribution is 0.157. The molecule has 1 N–H and O–H groups in total. The summed E-state index contributed by atoms with van der Waals surface area (Å²) in [5.74, 6) is 0.908. The van der Waals surface area contributed by atoms with Crippen LogP contribution in [0.15, 0.2) is 18.2 Å². The summed E-state index contributed by atoms with van der Waals surface area (Å²) in [6, 6.07) is 7.58. The highest BCUT2D eigenvalue weighted by Crippen LogP contribution is 2.27. The van der Waals surface area contributed by atoms with Crippen molar-refractivity contribution < 1.29 is 0 Å². The molecule has 4 heteroatoms. The zero-order valence-corrected chi connectivity index (χ0v) is 14.2. The van der Waals surface area contributed by atoms with E-state index in [2.05, 4.69) is 40.3 Å². The SMILES string of the molecule is Cc1nc2ccc(CN3CCC(C4CCCN4)CC3)cc2s1. The highest BCUT2D eigenvalue weighted by molar-refractivity contribution is 7.18. The third-order valence-electron chi connectivity index (χ3n) is 5.27. The molecule has 1 unspecified atom stereocenters. The van der Waals surface area contributed by atoms with Crippen LogP contribution in [0.1, 0.15) is 36.3 Å². The molecule has 2 fully saturated rings. The third kappa shape index (κ3) is 3.05. The first kappa shape index (κ1) is 14.6. The van der Waals surface area contributed by atoms with Crippen LogP contribution in [-0.2, 0) is 6.54 Å². The highest BCUT2D eigenvalue weighted by atomic mass is 32.1. The number of aromatic nitrogens is 1. The fraction of sp³-hybridized carbons (Fsp3) is 0.611. The van der Waals surface area contributed by atoms with Gasteiger partial charge in [0.05, 0.1) is 15.2 Å². The van der Waals surface area contributed by atoms with Gasteiger partial charge in [0.15, 0.2) is 0 Å². The Morgan fingerprint density at radius 3 is 2.91 bits per heavy atom. The van der Waals surface area contributed by atoms with E-state index in [-0.39, 0.29) is 0 Å². The normalized spacial score (nSPS) is 24.3. The summed E-state index contributed by atoms with van der Waals surface area (Å²) in [5, 5.41) is 4.85. The Hall–Kier alpha value is -0.970. The van der Waals surface area contributed by atoms with E-state index >= 15 is 0 Å². The van der Waals surface area contributed by atoms with Crippen LogP contribution in [0.2, 0.25) is 0 Å². The van der Waals surface area contributed by atoms with E-state index in [9.17, 15) is 0 Å². The Balaban J connectivity index is 1.36. The van der Waals surface area contributed by atoms with E-state index in [0.29, 0.717) is 0 Å². The number of likely N-dealkylation sites (tertiary alicyclic amines) is 1. The van der Waals surface area contributed by atoms with Gasteiger partial charge in [0.1, 0.15) is 0 Å². The number of nitrogens with one attached hydrogen (secondary N) is 1. The molecule has 4 rings (SSSR count). The highest BCUT2D eigenvalue weighted by Gasteiger charge is 2.28. The smallest absolute Gasteiger partial charge is 0.0907 e. The van der Waals surface area contributed by atoms with E-state index in [1.165, 1.54) is 55.6 Å². The van der Waals surface area contributed by atoms with Crippen molar-refractivity contribution in [3.05, 3.63) is 28.8 Å². The molecule has 0 amide bonds. The van der Waals surface area contributed by atoms with Crippen molar-refractivity contribution in [3.63, 3.8) is 0 Å². The summed E-state index contributed by atoms with van der Waals surface area (Å²) in [6.07, 6.45) is 5.49. The van der Waals surface area contributed by atoms with Gasteiger partial charge >= 0.3 is 0 Å². The molecule has 2 aliphatic heterocycles. The van der Waals surface area contributed by atoms with Gasteiger partial charge in [-0.25, -0.2) is 4.98 Å². The number of nitrogens with zero attached hydrogens (tertiary/aromatic N) is 2. The molecular formula is C18H25N3S. The molecule has 1 aromatic carbocycles. The molecule has 22 heavy (non-hydrogen) atoms. The van der Waals surface area contributed by atoms with Gasteiger partial charge in [-0.15, -0.1) is 11.3 Å². The van der Waals surface area contributed by atoms with E-state index in [4.69, 9.17) is 0 Å². The molecule has 118 valence electrons. The number of piperidine rings is 1. The monoisotopic (exact) mass is 315 g/mol. The van der Waals surface area contributed by atoms with Crippen molar-refractivity contribution in [2.24, 2.45) is 5.92 Å². The molecule has 2 aliphatic rings. The van der Waals surface area contributed by atoms with Crippen LogP contribution in [0, 0.1) is 12.8 Å². The molecule has 3 nitrogen and oxygen atoms in total. The maximum absolute atomic E-state index is 4.55. The van der Waals surface area contributed by atoms with Gasteiger partial charge in [-0.05, 0) is 75.9 Å². The largest absolute Gasteiger partial charge is 0.314 e. The summed E-state index contributed by atoms with van der Waals surface area (Å²) in [5.41, 5.74) is 2.59. The van der Waals surface area contributed by atoms with Crippen LogP contribution < -0.4 is 5.32 Å². The van der Waals surface area contributed by atoms with Crippen LogP contribution in [0.3, 0.4) is 0 Å². The fourth-order valence-corrected chi connectivity index (χ4v) is 4.96. The first-order chi connectivity index (χ1) is 10.8. The van der Waals surface area contributed by atoms with Gasteiger partial charge < -0.3 is 5.32 Å². The zero-order chi connectivity index (χ0) is 14.9. The second-order valence-corrected chi connectivity index (χ2v) is 8.09. The molecule has 0 radical (unpaired) electrons. The van der Waals surface area contributed by atoms with Crippen molar-refractivity contribution >= 4 is 21.6 Å². The minimum absolute atomic E-state index is 0.804. The number of hydrogen-bond acceptors (Lipinski definition) is 4. The van der Waals surface area contributed by atoms with Gasteiger partial charge in [0.25, 0.3) is 0 Å². The third-order valence-corrected chi connectivity index (χ3v) is 6.20. The molecule has 0 spiro atoms. The summed E-state index contributed by atoms with van der Waals surface area (Å²) < 4.78 is 1.33. The molecular weight excluding hydrogens is 290 g/mol. The lowest BCUT2D eigenvalue weighted by Gasteiger charge is -2.34. The molecule has 3 heterocycles. The quantitative estimate of drug-likeness (QED) is 0.938. The van der Waals surface area contributed by atoms with Crippen molar-refractivity contribution in [1.82, 2.24) is 15.2 Å². The Kier molecular flexibility index (Phi) is 4.16. The molecule has 0 saturated carbocycles. The standard InChI is InChI=1S/C18H25N3S/c1-13-20-17-5-4-14(11-18(17)22-13)12-21-9-6-15(7-10-21)16-3-2-8-19-16/h4-5,11,15-16,19H,2-3,6-10,12H2,1H3. The first-order valence-electron chi connectivity index (χ1n) is 8.60. The molecule has 2 saturated heterocycles. The Morgan fingerprint density at radius 1 is 1.27 bits per heavy atom. The van der Waals surface area contributed by atoms with Crippen molar-refractivity contribution in [2.75, 3.05) is 19.6 Å². The first-order valence-corrected chi connectivity index (χ1v) is 9.41. The Labute approximate surface area is 136 Å². The summed E-state index contributed by atoms with van der Waals surface area (Å²) in [6.45, 7) is 6.92. The van der Waals surface area contributed by atoms with Gasteiger partial charge in [0, 0.05) is 12.6 Å². The van der Waals surface area contributed by atoms with Crippen LogP contribution in [-0.4, -0.2) is 35.6 Å². The van der Waals surface area contributed by atoms with E-state index in [1.807, 2.05) is 11.3 Å². The number of aryl methyl sites for hydroxylation is 1. The minimum Gasteiger partial charge on any atom is -0.314 e. The Morgan fingerprint density at radius 2 is 2.14 bits per heavy atom. The number of thiazole rings is 1. The van der Waals surface area contributed by atoms with E-state index < -0.39 is 0 Å². The van der Waals surface area contributed by atoms with E-state index in [1.54, 1.807) is 0 Å². The lowest BCUT2D eigenvalue weighted by Crippen LogP contribution is -2.40. The number of benzene rings is 1. The van der Waals surface area contributed by atoms with Gasteiger partial charge in [-0.1, -0.05) is 6.07 Å². The van der Waals surface area contributed by atoms with Crippen LogP contribution >= 0.6 is 11.3 Å². The predicted octanol–water partition coefficient (Wildman–Crippen LogP) is 3.57. The number of fused-ring (bicyclic) bond motifs is 1. The van der Waals surface area contributed by atoms with Crippen LogP contribution in [0.4, 0.5) is 0 Å². The van der Waals surface area contributed by atoms with Crippen LogP contribution in [0.5, 0.6) is 0 Å². The molecule has 1 atom stereocenters. The molecule has 1 aromatic heterocycles. The lowest BCUT2D eigenvalue weighted by atomic mass is 9.88. The molecule has 0 bridgehead atoms. The predicted molar refractivity (Wildman–Crippen MR) is 93.4 cm³/mol. The minimum atomic E-state index is 0.804. The molecule has 2 aromatic rings. The maximum Gasteiger partial charge on any atom is 0.0907 e. The summed E-state index contributed by atoms with van der Waals surface area (Å²) in [7, 11) is 0. The average molecular weight is 315 g/mol. The maximum atomic E-state index is 4.55. The van der Waals surface area contributed by atoms with E-state index in [0.717, 1.165) is 29.0 Å². The second-order valence-electron chi connectivity index (χ2n) is 6.85.